The maximum absolute atomic E-state index is 11.6. The number of rotatable bonds is 2. The van der Waals surface area contributed by atoms with Gasteiger partial charge in [0.25, 0.3) is 0 Å². The molecule has 2 rings (SSSR count). The van der Waals surface area contributed by atoms with Crippen LogP contribution in [0.15, 0.2) is 28.5 Å². The van der Waals surface area contributed by atoms with Gasteiger partial charge in [0.15, 0.2) is 0 Å². The zero-order valence-electron chi connectivity index (χ0n) is 7.97. The largest absolute Gasteiger partial charge is 0.481 e. The van der Waals surface area contributed by atoms with Crippen molar-refractivity contribution in [2.24, 2.45) is 0 Å². The molecule has 0 amide bonds. The highest BCUT2D eigenvalue weighted by Gasteiger charge is 2.27. The predicted octanol–water partition coefficient (Wildman–Crippen LogP) is 1.94. The molecule has 6 heteroatoms. The molecule has 1 N–H and O–H groups in total. The maximum Gasteiger partial charge on any atom is 0.307 e. The van der Waals surface area contributed by atoms with Crippen molar-refractivity contribution < 1.29 is 18.3 Å². The number of halogens is 1. The average molecular weight is 259 g/mol. The Kier molecular flexibility index (Phi) is 2.52. The first-order valence-electron chi connectivity index (χ1n) is 4.37. The molecule has 0 aliphatic carbocycles. The lowest BCUT2D eigenvalue weighted by atomic mass is 10.1. The molecule has 1 aliphatic heterocycles. The first kappa shape index (κ1) is 11.2. The van der Waals surface area contributed by atoms with E-state index in [1.807, 2.05) is 0 Å². The van der Waals surface area contributed by atoms with Crippen LogP contribution in [0.4, 0.5) is 0 Å². The van der Waals surface area contributed by atoms with Crippen molar-refractivity contribution in [3.63, 3.8) is 0 Å². The van der Waals surface area contributed by atoms with Gasteiger partial charge in [0, 0.05) is 10.4 Å². The van der Waals surface area contributed by atoms with Gasteiger partial charge >= 0.3 is 5.97 Å². The van der Waals surface area contributed by atoms with Crippen molar-refractivity contribution in [1.82, 2.24) is 0 Å². The standard InChI is InChI=1S/C10H7ClO4S/c11-7-1-2-9-8(4-7)6(3-10(12)13)5-16(9,14)15/h1-2,4-5H,3H2,(H,12,13). The fraction of sp³-hybridized carbons (Fsp3) is 0.100. The Morgan fingerprint density at radius 3 is 2.69 bits per heavy atom. The molecule has 0 saturated heterocycles. The minimum atomic E-state index is -3.50. The third-order valence-corrected chi connectivity index (χ3v) is 4.03. The van der Waals surface area contributed by atoms with E-state index in [2.05, 4.69) is 0 Å². The van der Waals surface area contributed by atoms with E-state index < -0.39 is 15.8 Å². The number of sulfone groups is 1. The minimum absolute atomic E-state index is 0.119. The van der Waals surface area contributed by atoms with Gasteiger partial charge in [0.1, 0.15) is 0 Å². The van der Waals surface area contributed by atoms with Crippen molar-refractivity contribution in [2.75, 3.05) is 0 Å². The Morgan fingerprint density at radius 1 is 1.38 bits per heavy atom. The fourth-order valence-electron chi connectivity index (χ4n) is 1.62. The number of hydrogen-bond acceptors (Lipinski definition) is 3. The third-order valence-electron chi connectivity index (χ3n) is 2.23. The van der Waals surface area contributed by atoms with Gasteiger partial charge in [-0.1, -0.05) is 11.6 Å². The molecule has 1 aromatic rings. The van der Waals surface area contributed by atoms with E-state index in [4.69, 9.17) is 16.7 Å². The van der Waals surface area contributed by atoms with E-state index in [9.17, 15) is 13.2 Å². The summed E-state index contributed by atoms with van der Waals surface area (Å²) in [7, 11) is -3.50. The normalized spacial score (nSPS) is 16.7. The number of carbonyl (C=O) groups is 1. The summed E-state index contributed by atoms with van der Waals surface area (Å²) >= 11 is 5.75. The van der Waals surface area contributed by atoms with Crippen LogP contribution < -0.4 is 0 Å². The van der Waals surface area contributed by atoms with E-state index in [1.165, 1.54) is 18.2 Å². The highest BCUT2D eigenvalue weighted by Crippen LogP contribution is 2.36. The third kappa shape index (κ3) is 1.83. The molecule has 0 unspecified atom stereocenters. The van der Waals surface area contributed by atoms with Crippen molar-refractivity contribution in [3.05, 3.63) is 34.2 Å². The van der Waals surface area contributed by atoms with Crippen molar-refractivity contribution in [2.45, 2.75) is 11.3 Å². The molecule has 1 aromatic carbocycles. The number of aliphatic carboxylic acids is 1. The molecular weight excluding hydrogens is 252 g/mol. The lowest BCUT2D eigenvalue weighted by molar-refractivity contribution is -0.135. The quantitative estimate of drug-likeness (QED) is 0.880. The molecule has 4 nitrogen and oxygen atoms in total. The number of carboxylic acids is 1. The molecule has 1 aliphatic rings. The Labute approximate surface area is 97.1 Å². The summed E-state index contributed by atoms with van der Waals surface area (Å²) in [6, 6.07) is 4.32. The topological polar surface area (TPSA) is 71.4 Å². The summed E-state index contributed by atoms with van der Waals surface area (Å²) in [5.41, 5.74) is 0.653. The Balaban J connectivity index is 2.61. The smallest absolute Gasteiger partial charge is 0.307 e. The number of benzene rings is 1. The number of fused-ring (bicyclic) bond motifs is 1. The van der Waals surface area contributed by atoms with Gasteiger partial charge in [-0.15, -0.1) is 0 Å². The van der Waals surface area contributed by atoms with Crippen LogP contribution in [-0.4, -0.2) is 19.5 Å². The van der Waals surface area contributed by atoms with Crippen molar-refractivity contribution in [3.8, 4) is 0 Å². The molecule has 1 heterocycles. The van der Waals surface area contributed by atoms with E-state index in [-0.39, 0.29) is 16.9 Å². The van der Waals surface area contributed by atoms with Crippen LogP contribution in [-0.2, 0) is 14.6 Å². The Morgan fingerprint density at radius 2 is 2.06 bits per heavy atom. The average Bonchev–Trinajstić information content (AvgIpc) is 2.37. The van der Waals surface area contributed by atoms with Crippen LogP contribution in [0.25, 0.3) is 5.57 Å². The Bertz CT molecular complexity index is 601. The maximum atomic E-state index is 11.6. The summed E-state index contributed by atoms with van der Waals surface area (Å²) in [5, 5.41) is 10.0. The lowest BCUT2D eigenvalue weighted by Crippen LogP contribution is -1.95. The van der Waals surface area contributed by atoms with E-state index in [0.29, 0.717) is 10.6 Å². The Hall–Kier alpha value is -1.33. The van der Waals surface area contributed by atoms with Crippen LogP contribution in [0.3, 0.4) is 0 Å². The second-order valence-corrected chi connectivity index (χ2v) is 5.60. The van der Waals surface area contributed by atoms with Gasteiger partial charge in [0.05, 0.1) is 11.3 Å². The highest BCUT2D eigenvalue weighted by molar-refractivity contribution is 7.95. The van der Waals surface area contributed by atoms with Crippen LogP contribution in [0.1, 0.15) is 12.0 Å². The van der Waals surface area contributed by atoms with Gasteiger partial charge in [-0.25, -0.2) is 8.42 Å². The minimum Gasteiger partial charge on any atom is -0.481 e. The van der Waals surface area contributed by atoms with Crippen LogP contribution >= 0.6 is 11.6 Å². The van der Waals surface area contributed by atoms with Gasteiger partial charge in [0.2, 0.25) is 9.84 Å². The first-order chi connectivity index (χ1) is 7.40. The SMILES string of the molecule is O=C(O)CC1=CS(=O)(=O)c2ccc(Cl)cc21. The highest BCUT2D eigenvalue weighted by atomic mass is 35.5. The summed E-state index contributed by atoms with van der Waals surface area (Å²) in [6.45, 7) is 0. The molecule has 0 bridgehead atoms. The van der Waals surface area contributed by atoms with Gasteiger partial charge in [-0.3, -0.25) is 4.79 Å². The number of carboxylic acid groups (broad SMARTS) is 1. The summed E-state index contributed by atoms with van der Waals surface area (Å²) in [4.78, 5) is 10.7. The fourth-order valence-corrected chi connectivity index (χ4v) is 3.25. The summed E-state index contributed by atoms with van der Waals surface area (Å²) in [6.07, 6.45) is -0.327. The predicted molar refractivity (Wildman–Crippen MR) is 58.9 cm³/mol. The zero-order valence-corrected chi connectivity index (χ0v) is 9.55. The van der Waals surface area contributed by atoms with Crippen molar-refractivity contribution >= 4 is 33.0 Å². The molecule has 0 spiro atoms. The first-order valence-corrected chi connectivity index (χ1v) is 6.30. The molecule has 0 atom stereocenters. The van der Waals surface area contributed by atoms with Gasteiger partial charge in [-0.2, -0.15) is 0 Å². The lowest BCUT2D eigenvalue weighted by Gasteiger charge is -2.02. The zero-order chi connectivity index (χ0) is 11.9. The molecule has 0 fully saturated rings. The second-order valence-electron chi connectivity index (χ2n) is 3.40. The van der Waals surface area contributed by atoms with E-state index in [1.54, 1.807) is 0 Å². The molecule has 0 saturated carbocycles. The molecule has 0 aromatic heterocycles. The molecule has 16 heavy (non-hydrogen) atoms. The van der Waals surface area contributed by atoms with E-state index in [0.717, 1.165) is 5.41 Å². The monoisotopic (exact) mass is 258 g/mol. The van der Waals surface area contributed by atoms with E-state index >= 15 is 0 Å². The molecule has 0 radical (unpaired) electrons. The summed E-state index contributed by atoms with van der Waals surface area (Å²) < 4.78 is 23.3. The van der Waals surface area contributed by atoms with Gasteiger partial charge in [-0.05, 0) is 29.3 Å². The molecular formula is C10H7ClO4S. The van der Waals surface area contributed by atoms with Gasteiger partial charge < -0.3 is 5.11 Å². The second kappa shape index (κ2) is 3.61. The van der Waals surface area contributed by atoms with Crippen LogP contribution in [0.2, 0.25) is 5.02 Å². The molecule has 84 valence electrons. The van der Waals surface area contributed by atoms with Crippen LogP contribution in [0.5, 0.6) is 0 Å². The summed E-state index contributed by atoms with van der Waals surface area (Å²) in [5.74, 6) is -1.07. The number of hydrogen-bond donors (Lipinski definition) is 1. The van der Waals surface area contributed by atoms with Crippen LogP contribution in [0, 0.1) is 0 Å². The van der Waals surface area contributed by atoms with Crippen molar-refractivity contribution in [1.29, 1.82) is 0 Å².